The molecule has 2 aromatic carbocycles. The number of nitrogens with zero attached hydrogens (tertiary/aromatic N) is 2. The van der Waals surface area contributed by atoms with Gasteiger partial charge in [0.25, 0.3) is 0 Å². The third-order valence-electron chi connectivity index (χ3n) is 6.87. The first-order chi connectivity index (χ1) is 15.7. The molecule has 0 amide bonds. The summed E-state index contributed by atoms with van der Waals surface area (Å²) in [6, 6.07) is 14.9. The molecule has 0 saturated heterocycles. The normalized spacial score (nSPS) is 12.6. The molecule has 0 aliphatic heterocycles. The van der Waals surface area contributed by atoms with Gasteiger partial charge in [-0.25, -0.2) is 4.98 Å². The smallest absolute Gasteiger partial charge is 0.200 e. The Hall–Kier alpha value is -1.47. The zero-order valence-corrected chi connectivity index (χ0v) is 23.8. The minimum atomic E-state index is -1.84. The lowest BCUT2D eigenvalue weighted by atomic mass is 10.1. The van der Waals surface area contributed by atoms with E-state index in [2.05, 4.69) is 105 Å². The zero-order valence-electron chi connectivity index (χ0n) is 21.2. The maximum Gasteiger partial charge on any atom is 0.200 e. The van der Waals surface area contributed by atoms with Gasteiger partial charge in [0.15, 0.2) is 8.32 Å². The molecule has 0 N–H and O–H groups in total. The molecule has 0 fully saturated rings. The van der Waals surface area contributed by atoms with Crippen LogP contribution in [0.15, 0.2) is 47.1 Å². The second-order valence-corrected chi connectivity index (χ2v) is 16.1. The SMILES string of the molecule is COCn1c(CCCO[Si](C(C)C)(C(C)C)C(C)C)nc(-c2ccc3ccccc3c2)c1Br. The number of ether oxygens (including phenoxy) is 1. The van der Waals surface area contributed by atoms with E-state index in [1.807, 2.05) is 0 Å². The van der Waals surface area contributed by atoms with Gasteiger partial charge in [0, 0.05) is 25.7 Å². The fourth-order valence-corrected chi connectivity index (χ4v) is 11.5. The van der Waals surface area contributed by atoms with Crippen LogP contribution in [-0.4, -0.2) is 31.6 Å². The fourth-order valence-electron chi connectivity index (χ4n) is 5.43. The van der Waals surface area contributed by atoms with E-state index in [-0.39, 0.29) is 0 Å². The standard InChI is InChI=1S/C27H39BrN2O2Si/c1-19(2)33(20(3)4,21(5)6)32-16-10-13-25-29-26(27(28)30(25)18-31-7)24-15-14-22-11-8-9-12-23(22)17-24/h8-9,11-12,14-15,17,19-21H,10,13,16,18H2,1-7H3. The summed E-state index contributed by atoms with van der Waals surface area (Å²) in [6.45, 7) is 15.3. The lowest BCUT2D eigenvalue weighted by molar-refractivity contribution is 0.126. The zero-order chi connectivity index (χ0) is 24.2. The second-order valence-electron chi connectivity index (χ2n) is 9.84. The number of imidazole rings is 1. The average molecular weight is 532 g/mol. The predicted molar refractivity (Wildman–Crippen MR) is 145 cm³/mol. The van der Waals surface area contributed by atoms with Gasteiger partial charge in [-0.15, -0.1) is 0 Å². The molecule has 3 aromatic rings. The van der Waals surface area contributed by atoms with Gasteiger partial charge in [0.05, 0.1) is 0 Å². The molecule has 6 heteroatoms. The topological polar surface area (TPSA) is 36.3 Å². The lowest BCUT2D eigenvalue weighted by Crippen LogP contribution is -2.48. The summed E-state index contributed by atoms with van der Waals surface area (Å²) < 4.78 is 15.3. The average Bonchev–Trinajstić information content (AvgIpc) is 3.08. The highest BCUT2D eigenvalue weighted by molar-refractivity contribution is 9.10. The number of rotatable bonds is 11. The number of halogens is 1. The highest BCUT2D eigenvalue weighted by Crippen LogP contribution is 2.42. The molecule has 0 saturated carbocycles. The Kier molecular flexibility index (Phi) is 8.95. The predicted octanol–water partition coefficient (Wildman–Crippen LogP) is 8.19. The molecule has 3 rings (SSSR count). The van der Waals surface area contributed by atoms with Crippen LogP contribution in [0, 0.1) is 0 Å². The molecule has 0 radical (unpaired) electrons. The van der Waals surface area contributed by atoms with Crippen molar-refractivity contribution < 1.29 is 9.16 Å². The van der Waals surface area contributed by atoms with Crippen molar-refractivity contribution in [2.45, 2.75) is 77.7 Å². The minimum absolute atomic E-state index is 0.472. The van der Waals surface area contributed by atoms with E-state index in [4.69, 9.17) is 14.1 Å². The van der Waals surface area contributed by atoms with Crippen molar-refractivity contribution in [3.8, 4) is 11.3 Å². The van der Waals surface area contributed by atoms with Crippen molar-refractivity contribution >= 4 is 35.0 Å². The largest absolute Gasteiger partial charge is 0.416 e. The van der Waals surface area contributed by atoms with Gasteiger partial charge in [-0.3, -0.25) is 4.57 Å². The van der Waals surface area contributed by atoms with E-state index in [1.165, 1.54) is 10.8 Å². The Labute approximate surface area is 209 Å². The van der Waals surface area contributed by atoms with Crippen LogP contribution in [0.2, 0.25) is 16.6 Å². The van der Waals surface area contributed by atoms with Gasteiger partial charge in [-0.1, -0.05) is 77.9 Å². The van der Waals surface area contributed by atoms with Gasteiger partial charge in [-0.05, 0) is 55.8 Å². The Balaban J connectivity index is 1.80. The number of aromatic nitrogens is 2. The lowest BCUT2D eigenvalue weighted by Gasteiger charge is -2.42. The Bertz CT molecular complexity index is 1040. The van der Waals surface area contributed by atoms with Crippen LogP contribution in [0.3, 0.4) is 0 Å². The maximum atomic E-state index is 6.76. The van der Waals surface area contributed by atoms with Gasteiger partial charge >= 0.3 is 0 Å². The van der Waals surface area contributed by atoms with Crippen molar-refractivity contribution in [1.29, 1.82) is 0 Å². The van der Waals surface area contributed by atoms with E-state index in [0.717, 1.165) is 41.1 Å². The number of methoxy groups -OCH3 is 1. The Morgan fingerprint density at radius 1 is 0.939 bits per heavy atom. The maximum absolute atomic E-state index is 6.76. The number of aryl methyl sites for hydroxylation is 1. The van der Waals surface area contributed by atoms with E-state index in [0.29, 0.717) is 23.4 Å². The molecule has 1 heterocycles. The van der Waals surface area contributed by atoms with Crippen LogP contribution >= 0.6 is 15.9 Å². The van der Waals surface area contributed by atoms with Crippen molar-refractivity contribution in [3.63, 3.8) is 0 Å². The van der Waals surface area contributed by atoms with Crippen LogP contribution in [0.4, 0.5) is 0 Å². The molecular formula is C27H39BrN2O2Si. The number of hydrogen-bond acceptors (Lipinski definition) is 3. The quantitative estimate of drug-likeness (QED) is 0.185. The summed E-state index contributed by atoms with van der Waals surface area (Å²) in [7, 11) is -0.115. The molecule has 180 valence electrons. The van der Waals surface area contributed by atoms with E-state index < -0.39 is 8.32 Å². The number of hydrogen-bond donors (Lipinski definition) is 0. The van der Waals surface area contributed by atoms with Gasteiger partial charge in [-0.2, -0.15) is 0 Å². The van der Waals surface area contributed by atoms with Crippen molar-refractivity contribution in [3.05, 3.63) is 52.9 Å². The summed E-state index contributed by atoms with van der Waals surface area (Å²) >= 11 is 3.80. The first kappa shape index (κ1) is 26.1. The molecule has 0 bridgehead atoms. The highest BCUT2D eigenvalue weighted by Gasteiger charge is 2.44. The molecule has 0 aliphatic carbocycles. The Morgan fingerprint density at radius 3 is 2.18 bits per heavy atom. The second kappa shape index (κ2) is 11.3. The van der Waals surface area contributed by atoms with Gasteiger partial charge < -0.3 is 9.16 Å². The fraction of sp³-hybridized carbons (Fsp3) is 0.519. The Morgan fingerprint density at radius 2 is 1.58 bits per heavy atom. The van der Waals surface area contributed by atoms with Crippen LogP contribution in [0.1, 0.15) is 53.8 Å². The van der Waals surface area contributed by atoms with E-state index in [9.17, 15) is 0 Å². The molecular weight excluding hydrogens is 492 g/mol. The van der Waals surface area contributed by atoms with Crippen molar-refractivity contribution in [2.24, 2.45) is 0 Å². The summed E-state index contributed by atoms with van der Waals surface area (Å²) in [5.74, 6) is 1.03. The molecule has 1 aromatic heterocycles. The van der Waals surface area contributed by atoms with Crippen LogP contribution < -0.4 is 0 Å². The summed E-state index contributed by atoms with van der Waals surface area (Å²) in [6.07, 6.45) is 1.81. The summed E-state index contributed by atoms with van der Waals surface area (Å²) in [5.41, 5.74) is 3.87. The van der Waals surface area contributed by atoms with Gasteiger partial charge in [0.2, 0.25) is 0 Å². The van der Waals surface area contributed by atoms with Crippen molar-refractivity contribution in [1.82, 2.24) is 9.55 Å². The molecule has 0 spiro atoms. The number of fused-ring (bicyclic) bond motifs is 1. The first-order valence-electron chi connectivity index (χ1n) is 12.1. The third-order valence-corrected chi connectivity index (χ3v) is 13.8. The van der Waals surface area contributed by atoms with E-state index >= 15 is 0 Å². The molecule has 0 aliphatic rings. The van der Waals surface area contributed by atoms with Crippen LogP contribution in [0.5, 0.6) is 0 Å². The molecule has 0 unspecified atom stereocenters. The molecule has 0 atom stereocenters. The van der Waals surface area contributed by atoms with Crippen LogP contribution in [0.25, 0.3) is 22.0 Å². The highest BCUT2D eigenvalue weighted by atomic mass is 79.9. The summed E-state index contributed by atoms with van der Waals surface area (Å²) in [4.78, 5) is 5.04. The third kappa shape index (κ3) is 5.45. The number of benzene rings is 2. The molecule has 4 nitrogen and oxygen atoms in total. The monoisotopic (exact) mass is 530 g/mol. The van der Waals surface area contributed by atoms with Crippen LogP contribution in [-0.2, 0) is 22.3 Å². The summed E-state index contributed by atoms with van der Waals surface area (Å²) in [5, 5.41) is 2.45. The molecule has 33 heavy (non-hydrogen) atoms. The van der Waals surface area contributed by atoms with E-state index in [1.54, 1.807) is 7.11 Å². The van der Waals surface area contributed by atoms with Gasteiger partial charge in [0.1, 0.15) is 22.9 Å². The van der Waals surface area contributed by atoms with Crippen molar-refractivity contribution in [2.75, 3.05) is 13.7 Å². The first-order valence-corrected chi connectivity index (χ1v) is 15.0. The minimum Gasteiger partial charge on any atom is -0.416 e.